The third-order valence-corrected chi connectivity index (χ3v) is 16.8. The number of hydrogen-bond acceptors (Lipinski definition) is 5. The smallest absolute Gasteiger partial charge is 0.391 e. The fraction of sp³-hybridized carbons (Fsp3) is 0.845. The molecule has 8 nitrogen and oxygen atoms in total. The summed E-state index contributed by atoms with van der Waals surface area (Å²) in [7, 11) is 1.63. The number of unbranched alkanes of at least 4 members (excludes halogenated alkanes) is 41. The molecule has 470 valence electrons. The van der Waals surface area contributed by atoms with Crippen molar-refractivity contribution in [3.05, 3.63) is 60.8 Å². The first kappa shape index (κ1) is 78.2. The molecule has 3 unspecified atom stereocenters. The Morgan fingerprint density at radius 1 is 0.438 bits per heavy atom. The van der Waals surface area contributed by atoms with Gasteiger partial charge in [-0.3, -0.25) is 13.8 Å². The molecule has 0 bridgehead atoms. The fourth-order valence-corrected chi connectivity index (χ4v) is 11.2. The summed E-state index contributed by atoms with van der Waals surface area (Å²) in [5.74, 6) is -0.138. The lowest BCUT2D eigenvalue weighted by atomic mass is 10.0. The number of carbonyl (C=O) groups excluding carboxylic acids is 1. The number of phosphoric ester groups is 1. The summed E-state index contributed by atoms with van der Waals surface area (Å²) in [4.78, 5) is 23.4. The van der Waals surface area contributed by atoms with Crippen LogP contribution in [-0.2, 0) is 18.4 Å². The average Bonchev–Trinajstić information content (AvgIpc) is 3.42. The molecule has 0 spiro atoms. The number of quaternary nitrogens is 1. The van der Waals surface area contributed by atoms with Gasteiger partial charge in [0.1, 0.15) is 13.2 Å². The lowest BCUT2D eigenvalue weighted by Crippen LogP contribution is -2.46. The van der Waals surface area contributed by atoms with Gasteiger partial charge in [-0.15, -0.1) is 0 Å². The van der Waals surface area contributed by atoms with Crippen LogP contribution in [0.4, 0.5) is 0 Å². The third kappa shape index (κ3) is 63.8. The molecule has 0 radical (unpaired) electrons. The summed E-state index contributed by atoms with van der Waals surface area (Å²) in [6.07, 6.45) is 84.7. The van der Waals surface area contributed by atoms with Crippen LogP contribution in [0.3, 0.4) is 0 Å². The quantitative estimate of drug-likeness (QED) is 0.0243. The van der Waals surface area contributed by atoms with Gasteiger partial charge in [-0.2, -0.15) is 0 Å². The molecule has 0 aliphatic rings. The van der Waals surface area contributed by atoms with Gasteiger partial charge in [0.25, 0.3) is 0 Å². The second-order valence-corrected chi connectivity index (χ2v) is 26.3. The maximum absolute atomic E-state index is 13.0. The molecule has 3 N–H and O–H groups in total. The molecular weight excluding hydrogens is 1010 g/mol. The van der Waals surface area contributed by atoms with Crippen LogP contribution < -0.4 is 5.32 Å². The third-order valence-electron chi connectivity index (χ3n) is 15.8. The summed E-state index contributed by atoms with van der Waals surface area (Å²) in [6.45, 7) is 4.81. The van der Waals surface area contributed by atoms with Crippen LogP contribution in [0, 0.1) is 0 Å². The maximum Gasteiger partial charge on any atom is 0.472 e. The van der Waals surface area contributed by atoms with E-state index in [4.69, 9.17) is 9.05 Å². The number of nitrogens with one attached hydrogen (secondary N) is 1. The van der Waals surface area contributed by atoms with Crippen LogP contribution >= 0.6 is 7.82 Å². The van der Waals surface area contributed by atoms with Crippen LogP contribution in [0.25, 0.3) is 0 Å². The predicted molar refractivity (Wildman–Crippen MR) is 350 cm³/mol. The first-order valence-corrected chi connectivity index (χ1v) is 36.1. The highest BCUT2D eigenvalue weighted by Gasteiger charge is 2.28. The van der Waals surface area contributed by atoms with E-state index in [1.807, 2.05) is 21.1 Å². The van der Waals surface area contributed by atoms with Gasteiger partial charge in [-0.05, 0) is 57.8 Å². The second kappa shape index (κ2) is 61.8. The Bertz CT molecular complexity index is 1490. The monoisotopic (exact) mass is 1140 g/mol. The Morgan fingerprint density at radius 2 is 0.750 bits per heavy atom. The largest absolute Gasteiger partial charge is 0.472 e. The van der Waals surface area contributed by atoms with Gasteiger partial charge in [-0.1, -0.05) is 331 Å². The highest BCUT2D eigenvalue weighted by Crippen LogP contribution is 2.43. The summed E-state index contributed by atoms with van der Waals surface area (Å²) in [5.41, 5.74) is 0. The molecule has 0 aliphatic carbocycles. The molecule has 0 heterocycles. The van der Waals surface area contributed by atoms with Gasteiger partial charge in [0.15, 0.2) is 0 Å². The van der Waals surface area contributed by atoms with E-state index < -0.39 is 20.0 Å². The number of nitrogens with zero attached hydrogens (tertiary/aromatic N) is 1. The summed E-state index contributed by atoms with van der Waals surface area (Å²) in [5, 5.41) is 14.1. The van der Waals surface area contributed by atoms with Crippen molar-refractivity contribution < 1.29 is 32.9 Å². The number of allylic oxidation sites excluding steroid dienone is 10. The van der Waals surface area contributed by atoms with Gasteiger partial charge in [0.2, 0.25) is 5.91 Å². The Morgan fingerprint density at radius 3 is 1.10 bits per heavy atom. The zero-order valence-corrected chi connectivity index (χ0v) is 54.7. The minimum atomic E-state index is -4.32. The first-order chi connectivity index (χ1) is 39.0. The number of phosphoric acid groups is 1. The summed E-state index contributed by atoms with van der Waals surface area (Å²) >= 11 is 0. The Hall–Kier alpha value is -1.80. The molecule has 0 aromatic heterocycles. The van der Waals surface area contributed by atoms with Gasteiger partial charge in [-0.25, -0.2) is 4.57 Å². The Balaban J connectivity index is 3.87. The van der Waals surface area contributed by atoms with Crippen molar-refractivity contribution in [1.29, 1.82) is 0 Å². The molecule has 0 saturated carbocycles. The topological polar surface area (TPSA) is 105 Å². The van der Waals surface area contributed by atoms with E-state index in [9.17, 15) is 19.4 Å². The average molecular weight is 1140 g/mol. The number of hydrogen-bond donors (Lipinski definition) is 3. The van der Waals surface area contributed by atoms with Crippen LogP contribution in [0.1, 0.15) is 335 Å². The highest BCUT2D eigenvalue weighted by molar-refractivity contribution is 7.47. The number of aliphatic hydroxyl groups excluding tert-OH is 1. The van der Waals surface area contributed by atoms with Crippen molar-refractivity contribution >= 4 is 13.7 Å². The second-order valence-electron chi connectivity index (χ2n) is 24.9. The SMILES string of the molecule is CC/C=C\C/C=C\C/C=C\C/C=C\C/C=C\CCCCCCCCCCCCCCCCCCCCCCCCCCCC(=O)NC(COP(=O)(O)OCC[N+](C)(C)C)C(O)CCCCCCCCCCCCCCCCCCC. The molecular formula is C71H136N2O6P+. The lowest BCUT2D eigenvalue weighted by Gasteiger charge is -2.26. The first-order valence-electron chi connectivity index (χ1n) is 34.7. The minimum absolute atomic E-state index is 0.0764. The van der Waals surface area contributed by atoms with Gasteiger partial charge >= 0.3 is 7.82 Å². The molecule has 0 aliphatic heterocycles. The molecule has 1 amide bonds. The minimum Gasteiger partial charge on any atom is -0.391 e. The molecule has 0 rings (SSSR count). The van der Waals surface area contributed by atoms with Crippen LogP contribution in [0.5, 0.6) is 0 Å². The standard InChI is InChI=1S/C71H135N2O6P/c1-6-8-10-12-14-16-18-20-22-24-25-26-27-28-29-30-31-32-33-34-35-36-37-38-39-40-41-42-43-44-45-46-47-49-51-53-55-57-59-61-63-65-71(75)72-69(68-79-80(76,77)78-67-66-73(3,4)5)70(74)64-62-60-58-56-54-52-50-48-23-21-19-17-15-13-11-9-7-2/h8,10,14,16,20,22,25-26,28-29,69-70,74H,6-7,9,11-13,15,17-19,21,23-24,27,30-68H2,1-5H3,(H-,72,75,76,77)/p+1/b10-8-,16-14-,22-20-,26-25-,29-28-. The fourth-order valence-electron chi connectivity index (χ4n) is 10.4. The lowest BCUT2D eigenvalue weighted by molar-refractivity contribution is -0.870. The van der Waals surface area contributed by atoms with Crippen LogP contribution in [-0.4, -0.2) is 73.4 Å². The van der Waals surface area contributed by atoms with Gasteiger partial charge in [0, 0.05) is 6.42 Å². The van der Waals surface area contributed by atoms with E-state index in [0.29, 0.717) is 23.9 Å². The van der Waals surface area contributed by atoms with Crippen molar-refractivity contribution in [2.45, 2.75) is 347 Å². The summed E-state index contributed by atoms with van der Waals surface area (Å²) in [6, 6.07) is -0.760. The van der Waals surface area contributed by atoms with Crippen molar-refractivity contribution in [1.82, 2.24) is 5.32 Å². The van der Waals surface area contributed by atoms with E-state index in [0.717, 1.165) is 70.6 Å². The van der Waals surface area contributed by atoms with Crippen molar-refractivity contribution in [2.24, 2.45) is 0 Å². The van der Waals surface area contributed by atoms with Crippen molar-refractivity contribution in [3.63, 3.8) is 0 Å². The molecule has 0 aromatic rings. The molecule has 9 heteroatoms. The number of carbonyl (C=O) groups is 1. The number of rotatable bonds is 64. The predicted octanol–water partition coefficient (Wildman–Crippen LogP) is 22.0. The van der Waals surface area contributed by atoms with Crippen molar-refractivity contribution in [2.75, 3.05) is 40.9 Å². The van der Waals surface area contributed by atoms with Gasteiger partial charge in [0.05, 0.1) is 39.9 Å². The van der Waals surface area contributed by atoms with E-state index in [1.54, 1.807) is 0 Å². The molecule has 0 fully saturated rings. The zero-order chi connectivity index (χ0) is 58.4. The molecule has 3 atom stereocenters. The van der Waals surface area contributed by atoms with Crippen LogP contribution in [0.2, 0.25) is 0 Å². The number of likely N-dealkylation sites (N-methyl/N-ethyl adjacent to an activating group) is 1. The van der Waals surface area contributed by atoms with Gasteiger partial charge < -0.3 is 19.8 Å². The van der Waals surface area contributed by atoms with E-state index in [1.165, 1.54) is 238 Å². The van der Waals surface area contributed by atoms with Crippen molar-refractivity contribution in [3.8, 4) is 0 Å². The maximum atomic E-state index is 13.0. The number of aliphatic hydroxyl groups is 1. The highest BCUT2D eigenvalue weighted by atomic mass is 31.2. The zero-order valence-electron chi connectivity index (χ0n) is 53.8. The molecule has 80 heavy (non-hydrogen) atoms. The van der Waals surface area contributed by atoms with E-state index in [2.05, 4.69) is 79.9 Å². The van der Waals surface area contributed by atoms with Crippen LogP contribution in [0.15, 0.2) is 60.8 Å². The summed E-state index contributed by atoms with van der Waals surface area (Å²) < 4.78 is 23.8. The van der Waals surface area contributed by atoms with E-state index >= 15 is 0 Å². The normalized spacial score (nSPS) is 14.0. The molecule has 0 saturated heterocycles. The Labute approximate surface area is 498 Å². The number of amides is 1. The Kier molecular flexibility index (Phi) is 60.4. The van der Waals surface area contributed by atoms with E-state index in [-0.39, 0.29) is 19.1 Å². The molecule has 0 aromatic carbocycles.